The van der Waals surface area contributed by atoms with Gasteiger partial charge in [-0.15, -0.1) is 0 Å². The predicted octanol–water partition coefficient (Wildman–Crippen LogP) is 1.94. The van der Waals surface area contributed by atoms with Crippen molar-refractivity contribution in [2.45, 2.75) is 53.3 Å². The van der Waals surface area contributed by atoms with Gasteiger partial charge in [0, 0.05) is 24.8 Å². The molecule has 1 heterocycles. The highest BCUT2D eigenvalue weighted by Crippen LogP contribution is 2.14. The average Bonchev–Trinajstić information content (AvgIpc) is 2.67. The first-order valence-electron chi connectivity index (χ1n) is 6.88. The standard InChI is InChI=1S/C14H25N3O3/c1-6-17-10-12(11(2)15-17)9-16(7-8-18)13(19)20-14(3,4)5/h10,18H,6-9H2,1-5H3. The normalized spacial score (nSPS) is 11.5. The molecule has 0 saturated carbocycles. The number of nitrogens with zero attached hydrogens (tertiary/aromatic N) is 3. The Kier molecular flexibility index (Phi) is 5.56. The van der Waals surface area contributed by atoms with Crippen LogP contribution >= 0.6 is 0 Å². The van der Waals surface area contributed by atoms with Crippen LogP contribution in [0.4, 0.5) is 4.79 Å². The van der Waals surface area contributed by atoms with E-state index in [1.165, 1.54) is 4.90 Å². The van der Waals surface area contributed by atoms with Crippen LogP contribution in [0.5, 0.6) is 0 Å². The van der Waals surface area contributed by atoms with Crippen LogP contribution in [0.25, 0.3) is 0 Å². The molecule has 114 valence electrons. The van der Waals surface area contributed by atoms with Gasteiger partial charge in [-0.2, -0.15) is 5.10 Å². The fourth-order valence-electron chi connectivity index (χ4n) is 1.76. The summed E-state index contributed by atoms with van der Waals surface area (Å²) >= 11 is 0. The third-order valence-electron chi connectivity index (χ3n) is 2.75. The highest BCUT2D eigenvalue weighted by molar-refractivity contribution is 5.68. The van der Waals surface area contributed by atoms with Gasteiger partial charge in [0.1, 0.15) is 5.60 Å². The van der Waals surface area contributed by atoms with Crippen LogP contribution < -0.4 is 0 Å². The van der Waals surface area contributed by atoms with Crippen molar-refractivity contribution in [3.63, 3.8) is 0 Å². The minimum absolute atomic E-state index is 0.0970. The van der Waals surface area contributed by atoms with Crippen molar-refractivity contribution in [3.05, 3.63) is 17.5 Å². The number of rotatable bonds is 5. The minimum atomic E-state index is -0.548. The fraction of sp³-hybridized carbons (Fsp3) is 0.714. The van der Waals surface area contributed by atoms with Gasteiger partial charge >= 0.3 is 6.09 Å². The Bertz CT molecular complexity index is 449. The smallest absolute Gasteiger partial charge is 0.410 e. The molecular weight excluding hydrogens is 258 g/mol. The predicted molar refractivity (Wildman–Crippen MR) is 76.4 cm³/mol. The van der Waals surface area contributed by atoms with Crippen molar-refractivity contribution in [2.75, 3.05) is 13.2 Å². The summed E-state index contributed by atoms with van der Waals surface area (Å²) in [5, 5.41) is 13.5. The lowest BCUT2D eigenvalue weighted by atomic mass is 10.2. The van der Waals surface area contributed by atoms with E-state index in [0.717, 1.165) is 17.8 Å². The lowest BCUT2D eigenvalue weighted by Crippen LogP contribution is -2.38. The number of amides is 1. The van der Waals surface area contributed by atoms with Crippen LogP contribution in [0.15, 0.2) is 6.20 Å². The molecule has 1 rings (SSSR count). The number of carbonyl (C=O) groups is 1. The maximum atomic E-state index is 12.1. The fourth-order valence-corrected chi connectivity index (χ4v) is 1.76. The van der Waals surface area contributed by atoms with Gasteiger partial charge in [-0.05, 0) is 34.6 Å². The Morgan fingerprint density at radius 1 is 1.50 bits per heavy atom. The molecule has 0 radical (unpaired) electrons. The molecule has 0 saturated heterocycles. The van der Waals surface area contributed by atoms with E-state index in [0.29, 0.717) is 6.54 Å². The van der Waals surface area contributed by atoms with Gasteiger partial charge in [0.25, 0.3) is 0 Å². The molecule has 0 aromatic carbocycles. The van der Waals surface area contributed by atoms with Gasteiger partial charge in [0.2, 0.25) is 0 Å². The summed E-state index contributed by atoms with van der Waals surface area (Å²) < 4.78 is 7.18. The second-order valence-corrected chi connectivity index (χ2v) is 5.72. The Labute approximate surface area is 120 Å². The topological polar surface area (TPSA) is 67.6 Å². The van der Waals surface area contributed by atoms with Crippen molar-refractivity contribution in [1.29, 1.82) is 0 Å². The molecule has 6 nitrogen and oxygen atoms in total. The lowest BCUT2D eigenvalue weighted by molar-refractivity contribution is 0.0201. The molecule has 0 aliphatic heterocycles. The summed E-state index contributed by atoms with van der Waals surface area (Å²) in [6.45, 7) is 10.7. The summed E-state index contributed by atoms with van der Waals surface area (Å²) in [6, 6.07) is 0. The molecule has 1 amide bonds. The third kappa shape index (κ3) is 4.85. The molecule has 20 heavy (non-hydrogen) atoms. The molecule has 0 unspecified atom stereocenters. The van der Waals surface area contributed by atoms with E-state index >= 15 is 0 Å². The number of aliphatic hydroxyl groups is 1. The van der Waals surface area contributed by atoms with Crippen molar-refractivity contribution in [2.24, 2.45) is 0 Å². The van der Waals surface area contributed by atoms with Crippen molar-refractivity contribution < 1.29 is 14.6 Å². The second-order valence-electron chi connectivity index (χ2n) is 5.72. The molecule has 0 atom stereocenters. The molecule has 0 aliphatic rings. The summed E-state index contributed by atoms with van der Waals surface area (Å²) in [7, 11) is 0. The van der Waals surface area contributed by atoms with E-state index < -0.39 is 11.7 Å². The first-order chi connectivity index (χ1) is 9.26. The zero-order chi connectivity index (χ0) is 15.3. The second kappa shape index (κ2) is 6.74. The number of carbonyl (C=O) groups excluding carboxylic acids is 1. The van der Waals surface area contributed by atoms with Gasteiger partial charge in [-0.1, -0.05) is 0 Å². The molecular formula is C14H25N3O3. The Morgan fingerprint density at radius 3 is 2.60 bits per heavy atom. The monoisotopic (exact) mass is 283 g/mol. The highest BCUT2D eigenvalue weighted by Gasteiger charge is 2.22. The maximum Gasteiger partial charge on any atom is 0.410 e. The highest BCUT2D eigenvalue weighted by atomic mass is 16.6. The Hall–Kier alpha value is -1.56. The van der Waals surface area contributed by atoms with E-state index in [1.54, 1.807) is 0 Å². The van der Waals surface area contributed by atoms with E-state index in [9.17, 15) is 4.79 Å². The summed E-state index contributed by atoms with van der Waals surface area (Å²) in [5.74, 6) is 0. The Morgan fingerprint density at radius 2 is 2.15 bits per heavy atom. The first kappa shape index (κ1) is 16.5. The molecule has 1 N–H and O–H groups in total. The number of aliphatic hydroxyl groups excluding tert-OH is 1. The van der Waals surface area contributed by atoms with Crippen molar-refractivity contribution in [1.82, 2.24) is 14.7 Å². The van der Waals surface area contributed by atoms with Gasteiger partial charge < -0.3 is 14.7 Å². The lowest BCUT2D eigenvalue weighted by Gasteiger charge is -2.26. The number of aryl methyl sites for hydroxylation is 2. The van der Waals surface area contributed by atoms with Gasteiger partial charge in [0.15, 0.2) is 0 Å². The molecule has 1 aromatic rings. The zero-order valence-electron chi connectivity index (χ0n) is 13.0. The van der Waals surface area contributed by atoms with Gasteiger partial charge in [-0.3, -0.25) is 4.68 Å². The molecule has 1 aromatic heterocycles. The van der Waals surface area contributed by atoms with Crippen LogP contribution in [0.1, 0.15) is 39.0 Å². The minimum Gasteiger partial charge on any atom is -0.444 e. The zero-order valence-corrected chi connectivity index (χ0v) is 13.0. The third-order valence-corrected chi connectivity index (χ3v) is 2.75. The van der Waals surface area contributed by atoms with Crippen molar-refractivity contribution >= 4 is 6.09 Å². The largest absolute Gasteiger partial charge is 0.444 e. The number of ether oxygens (including phenoxy) is 1. The van der Waals surface area contributed by atoms with Gasteiger partial charge in [0.05, 0.1) is 18.8 Å². The van der Waals surface area contributed by atoms with Crippen LogP contribution in [0.3, 0.4) is 0 Å². The first-order valence-corrected chi connectivity index (χ1v) is 6.88. The van der Waals surface area contributed by atoms with E-state index in [2.05, 4.69) is 5.10 Å². The average molecular weight is 283 g/mol. The number of hydrogen-bond acceptors (Lipinski definition) is 4. The number of aromatic nitrogens is 2. The molecule has 0 fully saturated rings. The summed E-state index contributed by atoms with van der Waals surface area (Å²) in [5.41, 5.74) is 1.30. The SMILES string of the molecule is CCn1cc(CN(CCO)C(=O)OC(C)(C)C)c(C)n1. The Balaban J connectivity index is 2.80. The number of hydrogen-bond donors (Lipinski definition) is 1. The van der Waals surface area contributed by atoms with Crippen molar-refractivity contribution in [3.8, 4) is 0 Å². The van der Waals surface area contributed by atoms with Crippen LogP contribution in [-0.4, -0.2) is 44.6 Å². The molecule has 6 heteroatoms. The maximum absolute atomic E-state index is 12.1. The summed E-state index contributed by atoms with van der Waals surface area (Å²) in [4.78, 5) is 13.6. The molecule has 0 aliphatic carbocycles. The van der Waals surface area contributed by atoms with E-state index in [1.807, 2.05) is 45.5 Å². The summed E-state index contributed by atoms with van der Waals surface area (Å²) in [6.07, 6.45) is 1.50. The van der Waals surface area contributed by atoms with Gasteiger partial charge in [-0.25, -0.2) is 4.79 Å². The van der Waals surface area contributed by atoms with Crippen LogP contribution in [-0.2, 0) is 17.8 Å². The molecule has 0 bridgehead atoms. The van der Waals surface area contributed by atoms with Crippen LogP contribution in [0.2, 0.25) is 0 Å². The van der Waals surface area contributed by atoms with E-state index in [-0.39, 0.29) is 13.2 Å². The molecule has 0 spiro atoms. The quantitative estimate of drug-likeness (QED) is 0.896. The van der Waals surface area contributed by atoms with Crippen LogP contribution in [0, 0.1) is 6.92 Å². The van der Waals surface area contributed by atoms with E-state index in [4.69, 9.17) is 9.84 Å².